The lowest BCUT2D eigenvalue weighted by molar-refractivity contribution is -0.117. The molecular formula is C26H34N4O2. The number of nitrogens with one attached hydrogen (secondary N) is 2. The second-order valence-corrected chi connectivity index (χ2v) is 8.72. The van der Waals surface area contributed by atoms with Crippen LogP contribution in [-0.2, 0) is 17.8 Å². The van der Waals surface area contributed by atoms with Gasteiger partial charge in [0.15, 0.2) is 0 Å². The van der Waals surface area contributed by atoms with Crippen LogP contribution >= 0.6 is 0 Å². The Hall–Kier alpha value is -2.86. The van der Waals surface area contributed by atoms with Gasteiger partial charge in [0.1, 0.15) is 0 Å². The highest BCUT2D eigenvalue weighted by Gasteiger charge is 2.30. The second-order valence-electron chi connectivity index (χ2n) is 8.72. The first kappa shape index (κ1) is 22.3. The molecule has 0 bridgehead atoms. The van der Waals surface area contributed by atoms with Crippen LogP contribution in [-0.4, -0.2) is 49.4 Å². The van der Waals surface area contributed by atoms with Gasteiger partial charge in [-0.2, -0.15) is 0 Å². The summed E-state index contributed by atoms with van der Waals surface area (Å²) in [5.74, 6) is 0.0886. The molecule has 2 N–H and O–H groups in total. The largest absolute Gasteiger partial charge is 0.366 e. The maximum Gasteiger partial charge on any atom is 0.253 e. The molecule has 0 saturated heterocycles. The minimum atomic E-state index is -0.0893. The monoisotopic (exact) mass is 434 g/mol. The maximum absolute atomic E-state index is 13.2. The maximum atomic E-state index is 13.2. The Kier molecular flexibility index (Phi) is 7.10. The summed E-state index contributed by atoms with van der Waals surface area (Å²) in [6, 6.07) is 14.2. The van der Waals surface area contributed by atoms with Gasteiger partial charge in [0.05, 0.1) is 5.56 Å². The molecule has 1 aliphatic carbocycles. The van der Waals surface area contributed by atoms with Gasteiger partial charge in [-0.1, -0.05) is 38.1 Å². The minimum absolute atomic E-state index is 0.0533. The van der Waals surface area contributed by atoms with E-state index < -0.39 is 0 Å². The van der Waals surface area contributed by atoms with Crippen LogP contribution in [0, 0.1) is 5.92 Å². The third kappa shape index (κ3) is 5.30. The summed E-state index contributed by atoms with van der Waals surface area (Å²) in [6.07, 6.45) is 2.87. The fourth-order valence-electron chi connectivity index (χ4n) is 4.33. The summed E-state index contributed by atoms with van der Waals surface area (Å²) < 4.78 is 0. The number of amides is 2. The SMILES string of the molecule is CCN(CC)CCNC(=O)c1cc(NC(=O)C2CC2)ccc1N1CCc2ccccc2C1. The highest BCUT2D eigenvalue weighted by Crippen LogP contribution is 2.32. The van der Waals surface area contributed by atoms with Crippen LogP contribution in [0.15, 0.2) is 42.5 Å². The number of benzene rings is 2. The zero-order valence-electron chi connectivity index (χ0n) is 19.2. The van der Waals surface area contributed by atoms with Crippen LogP contribution in [0.5, 0.6) is 0 Å². The minimum Gasteiger partial charge on any atom is -0.366 e. The summed E-state index contributed by atoms with van der Waals surface area (Å²) in [7, 11) is 0. The van der Waals surface area contributed by atoms with Crippen molar-refractivity contribution < 1.29 is 9.59 Å². The molecule has 6 heteroatoms. The van der Waals surface area contributed by atoms with Crippen LogP contribution < -0.4 is 15.5 Å². The third-order valence-electron chi connectivity index (χ3n) is 6.54. The van der Waals surface area contributed by atoms with E-state index in [1.807, 2.05) is 18.2 Å². The predicted octanol–water partition coefficient (Wildman–Crippen LogP) is 3.67. The van der Waals surface area contributed by atoms with E-state index >= 15 is 0 Å². The smallest absolute Gasteiger partial charge is 0.253 e. The van der Waals surface area contributed by atoms with E-state index in [-0.39, 0.29) is 17.7 Å². The van der Waals surface area contributed by atoms with Crippen molar-refractivity contribution in [2.24, 2.45) is 5.92 Å². The number of hydrogen-bond donors (Lipinski definition) is 2. The molecule has 32 heavy (non-hydrogen) atoms. The fourth-order valence-corrected chi connectivity index (χ4v) is 4.33. The highest BCUT2D eigenvalue weighted by molar-refractivity contribution is 6.02. The molecule has 4 rings (SSSR count). The standard InChI is InChI=1S/C26H34N4O2/c1-3-29(4-2)16-14-27-26(32)23-17-22(28-25(31)20-9-10-20)11-12-24(23)30-15-13-19-7-5-6-8-21(19)18-30/h5-8,11-12,17,20H,3-4,9-10,13-16,18H2,1-2H3,(H,27,32)(H,28,31). The third-order valence-corrected chi connectivity index (χ3v) is 6.54. The van der Waals surface area contributed by atoms with Gasteiger partial charge in [-0.3, -0.25) is 9.59 Å². The van der Waals surface area contributed by atoms with Gasteiger partial charge >= 0.3 is 0 Å². The van der Waals surface area contributed by atoms with Crippen molar-refractivity contribution in [3.8, 4) is 0 Å². The molecule has 2 aromatic rings. The average molecular weight is 435 g/mol. The number of fused-ring (bicyclic) bond motifs is 1. The van der Waals surface area contributed by atoms with Gasteiger partial charge in [0.2, 0.25) is 5.91 Å². The summed E-state index contributed by atoms with van der Waals surface area (Å²) in [5.41, 5.74) is 4.92. The normalized spacial score (nSPS) is 15.4. The lowest BCUT2D eigenvalue weighted by Crippen LogP contribution is -2.36. The zero-order valence-corrected chi connectivity index (χ0v) is 19.2. The molecule has 0 spiro atoms. The molecule has 2 amide bonds. The van der Waals surface area contributed by atoms with Gasteiger partial charge in [-0.25, -0.2) is 0 Å². The van der Waals surface area contributed by atoms with Gasteiger partial charge < -0.3 is 20.4 Å². The van der Waals surface area contributed by atoms with E-state index in [1.165, 1.54) is 11.1 Å². The summed E-state index contributed by atoms with van der Waals surface area (Å²) in [5, 5.41) is 6.08. The number of rotatable bonds is 9. The van der Waals surface area contributed by atoms with Gasteiger partial charge in [0, 0.05) is 43.5 Å². The van der Waals surface area contributed by atoms with Crippen molar-refractivity contribution in [1.82, 2.24) is 10.2 Å². The van der Waals surface area contributed by atoms with Crippen LogP contribution in [0.4, 0.5) is 11.4 Å². The summed E-state index contributed by atoms with van der Waals surface area (Å²) >= 11 is 0. The Morgan fingerprint density at radius 1 is 1.06 bits per heavy atom. The van der Waals surface area contributed by atoms with E-state index in [4.69, 9.17) is 0 Å². The van der Waals surface area contributed by atoms with E-state index in [9.17, 15) is 9.59 Å². The van der Waals surface area contributed by atoms with E-state index in [1.54, 1.807) is 0 Å². The van der Waals surface area contributed by atoms with E-state index in [0.717, 1.165) is 57.7 Å². The van der Waals surface area contributed by atoms with Gasteiger partial charge in [-0.15, -0.1) is 0 Å². The van der Waals surface area contributed by atoms with Crippen molar-refractivity contribution >= 4 is 23.2 Å². The number of hydrogen-bond acceptors (Lipinski definition) is 4. The molecule has 1 aliphatic heterocycles. The Balaban J connectivity index is 1.54. The number of likely N-dealkylation sites (N-methyl/N-ethyl adjacent to an activating group) is 1. The highest BCUT2D eigenvalue weighted by atomic mass is 16.2. The van der Waals surface area contributed by atoms with Crippen LogP contribution in [0.3, 0.4) is 0 Å². The van der Waals surface area contributed by atoms with Crippen molar-refractivity contribution in [3.05, 3.63) is 59.2 Å². The quantitative estimate of drug-likeness (QED) is 0.632. The molecule has 0 atom stereocenters. The molecule has 0 radical (unpaired) electrons. The average Bonchev–Trinajstić information content (AvgIpc) is 3.67. The first-order valence-electron chi connectivity index (χ1n) is 11.9. The number of carbonyl (C=O) groups excluding carboxylic acids is 2. The van der Waals surface area contributed by atoms with Gasteiger partial charge in [-0.05, 0) is 61.7 Å². The van der Waals surface area contributed by atoms with Crippen LogP contribution in [0.2, 0.25) is 0 Å². The molecule has 6 nitrogen and oxygen atoms in total. The topological polar surface area (TPSA) is 64.7 Å². The molecular weight excluding hydrogens is 400 g/mol. The number of nitrogens with zero attached hydrogens (tertiary/aromatic N) is 2. The lowest BCUT2D eigenvalue weighted by atomic mass is 9.98. The van der Waals surface area contributed by atoms with E-state index in [0.29, 0.717) is 17.8 Å². The Bertz CT molecular complexity index is 966. The first-order chi connectivity index (χ1) is 15.6. The van der Waals surface area contributed by atoms with Crippen molar-refractivity contribution in [3.63, 3.8) is 0 Å². The molecule has 2 aliphatic rings. The first-order valence-corrected chi connectivity index (χ1v) is 11.9. The molecule has 1 saturated carbocycles. The number of anilines is 2. The summed E-state index contributed by atoms with van der Waals surface area (Å²) in [4.78, 5) is 30.1. The lowest BCUT2D eigenvalue weighted by Gasteiger charge is -2.32. The van der Waals surface area contributed by atoms with Crippen LogP contribution in [0.1, 0.15) is 48.2 Å². The number of carbonyl (C=O) groups is 2. The molecule has 1 heterocycles. The molecule has 2 aromatic carbocycles. The fraction of sp³-hybridized carbons (Fsp3) is 0.462. The Morgan fingerprint density at radius 3 is 2.53 bits per heavy atom. The second kappa shape index (κ2) is 10.2. The van der Waals surface area contributed by atoms with E-state index in [2.05, 4.69) is 58.5 Å². The van der Waals surface area contributed by atoms with Crippen molar-refractivity contribution in [2.75, 3.05) is 42.9 Å². The van der Waals surface area contributed by atoms with Crippen molar-refractivity contribution in [1.29, 1.82) is 0 Å². The predicted molar refractivity (Wildman–Crippen MR) is 129 cm³/mol. The Morgan fingerprint density at radius 2 is 1.81 bits per heavy atom. The zero-order chi connectivity index (χ0) is 22.5. The van der Waals surface area contributed by atoms with Crippen LogP contribution in [0.25, 0.3) is 0 Å². The molecule has 1 fully saturated rings. The Labute approximate surface area is 191 Å². The molecule has 0 unspecified atom stereocenters. The van der Waals surface area contributed by atoms with Gasteiger partial charge in [0.25, 0.3) is 5.91 Å². The molecule has 170 valence electrons. The summed E-state index contributed by atoms with van der Waals surface area (Å²) in [6.45, 7) is 9.26. The van der Waals surface area contributed by atoms with Crippen molar-refractivity contribution in [2.45, 2.75) is 39.7 Å². The molecule has 0 aromatic heterocycles.